The molecule has 0 spiro atoms. The van der Waals surface area contributed by atoms with Crippen LogP contribution in [0.5, 0.6) is 0 Å². The zero-order valence-corrected chi connectivity index (χ0v) is 13.5. The number of carbonyl (C=O) groups excluding carboxylic acids is 1. The molecule has 0 aliphatic heterocycles. The molecule has 0 unspecified atom stereocenters. The van der Waals surface area contributed by atoms with E-state index in [4.69, 9.17) is 11.6 Å². The molecule has 0 fully saturated rings. The molecule has 2 aromatic carbocycles. The van der Waals surface area contributed by atoms with Crippen molar-refractivity contribution in [2.24, 2.45) is 0 Å². The van der Waals surface area contributed by atoms with Gasteiger partial charge in [0.1, 0.15) is 5.82 Å². The smallest absolute Gasteiger partial charge is 0.234 e. The van der Waals surface area contributed by atoms with E-state index in [-0.39, 0.29) is 11.7 Å². The number of H-pyrrole nitrogens is 1. The summed E-state index contributed by atoms with van der Waals surface area (Å²) < 4.78 is 13.3. The Morgan fingerprint density at radius 1 is 1.22 bits per heavy atom. The number of hydrogen-bond acceptors (Lipinski definition) is 1. The van der Waals surface area contributed by atoms with Crippen LogP contribution in [0.15, 0.2) is 48.7 Å². The molecule has 3 nitrogen and oxygen atoms in total. The summed E-state index contributed by atoms with van der Waals surface area (Å²) in [5, 5.41) is 4.27. The van der Waals surface area contributed by atoms with Crippen LogP contribution < -0.4 is 5.32 Å². The first-order chi connectivity index (χ1) is 10.9. The van der Waals surface area contributed by atoms with Gasteiger partial charge in [0.25, 0.3) is 0 Å². The highest BCUT2D eigenvalue weighted by Crippen LogP contribution is 2.32. The van der Waals surface area contributed by atoms with Crippen molar-refractivity contribution >= 4 is 34.1 Å². The molecule has 23 heavy (non-hydrogen) atoms. The minimum atomic E-state index is -0.793. The largest absolute Gasteiger partial charge is 0.361 e. The molecule has 0 bridgehead atoms. The molecule has 0 atom stereocenters. The number of benzene rings is 2. The second kappa shape index (κ2) is 5.70. The van der Waals surface area contributed by atoms with Crippen molar-refractivity contribution in [3.63, 3.8) is 0 Å². The highest BCUT2D eigenvalue weighted by atomic mass is 35.5. The van der Waals surface area contributed by atoms with E-state index in [1.54, 1.807) is 36.5 Å². The number of nitrogens with one attached hydrogen (secondary N) is 2. The average molecular weight is 331 g/mol. The SMILES string of the molecule is CC(C)(C(=O)Nc1cccc(Cl)c1)c1c[nH]c2cc(F)ccc12. The Hall–Kier alpha value is -2.33. The molecule has 0 radical (unpaired) electrons. The standard InChI is InChI=1S/C18H16ClFN2O/c1-18(2,17(23)22-13-5-3-4-11(19)8-13)15-10-21-16-9-12(20)6-7-14(15)16/h3-10,21H,1-2H3,(H,22,23). The Kier molecular flexibility index (Phi) is 3.86. The lowest BCUT2D eigenvalue weighted by Crippen LogP contribution is -2.34. The molecule has 0 saturated carbocycles. The number of fused-ring (bicyclic) bond motifs is 1. The van der Waals surface area contributed by atoms with E-state index in [1.807, 2.05) is 13.8 Å². The third-order valence-corrected chi connectivity index (χ3v) is 4.20. The van der Waals surface area contributed by atoms with Crippen LogP contribution in [-0.4, -0.2) is 10.9 Å². The lowest BCUT2D eigenvalue weighted by Gasteiger charge is -2.23. The van der Waals surface area contributed by atoms with Gasteiger partial charge in [-0.1, -0.05) is 17.7 Å². The van der Waals surface area contributed by atoms with E-state index in [0.717, 1.165) is 10.9 Å². The number of rotatable bonds is 3. The first-order valence-electron chi connectivity index (χ1n) is 7.22. The van der Waals surface area contributed by atoms with Crippen molar-refractivity contribution in [3.8, 4) is 0 Å². The van der Waals surface area contributed by atoms with E-state index < -0.39 is 5.41 Å². The van der Waals surface area contributed by atoms with Crippen LogP contribution >= 0.6 is 11.6 Å². The topological polar surface area (TPSA) is 44.9 Å². The summed E-state index contributed by atoms with van der Waals surface area (Å²) in [6.45, 7) is 3.66. The Morgan fingerprint density at radius 3 is 2.74 bits per heavy atom. The molecule has 1 heterocycles. The van der Waals surface area contributed by atoms with E-state index in [9.17, 15) is 9.18 Å². The van der Waals surface area contributed by atoms with Crippen LogP contribution in [0.2, 0.25) is 5.02 Å². The summed E-state index contributed by atoms with van der Waals surface area (Å²) in [7, 11) is 0. The zero-order chi connectivity index (χ0) is 16.6. The fourth-order valence-corrected chi connectivity index (χ4v) is 2.78. The van der Waals surface area contributed by atoms with Crippen molar-refractivity contribution in [3.05, 3.63) is 65.1 Å². The first-order valence-corrected chi connectivity index (χ1v) is 7.60. The van der Waals surface area contributed by atoms with Gasteiger partial charge >= 0.3 is 0 Å². The molecule has 0 aliphatic carbocycles. The van der Waals surface area contributed by atoms with Crippen LogP contribution in [0.4, 0.5) is 10.1 Å². The predicted octanol–water partition coefficient (Wildman–Crippen LogP) is 4.88. The van der Waals surface area contributed by atoms with Crippen LogP contribution in [-0.2, 0) is 10.2 Å². The summed E-state index contributed by atoms with van der Waals surface area (Å²) in [5.41, 5.74) is 1.33. The summed E-state index contributed by atoms with van der Waals surface area (Å²) in [5.74, 6) is -0.475. The van der Waals surface area contributed by atoms with Crippen LogP contribution in [0.25, 0.3) is 10.9 Å². The number of aromatic nitrogens is 1. The monoisotopic (exact) mass is 330 g/mol. The lowest BCUT2D eigenvalue weighted by molar-refractivity contribution is -0.120. The number of hydrogen-bond donors (Lipinski definition) is 2. The van der Waals surface area contributed by atoms with Crippen LogP contribution in [0, 0.1) is 5.82 Å². The highest BCUT2D eigenvalue weighted by Gasteiger charge is 2.32. The van der Waals surface area contributed by atoms with Crippen LogP contribution in [0.1, 0.15) is 19.4 Å². The van der Waals surface area contributed by atoms with E-state index in [0.29, 0.717) is 16.2 Å². The van der Waals surface area contributed by atoms with Gasteiger partial charge in [0.15, 0.2) is 0 Å². The molecule has 3 rings (SSSR count). The van der Waals surface area contributed by atoms with Crippen molar-refractivity contribution < 1.29 is 9.18 Å². The van der Waals surface area contributed by atoms with E-state index in [1.165, 1.54) is 12.1 Å². The number of amides is 1. The molecular formula is C18H16ClFN2O. The normalized spacial score (nSPS) is 11.7. The average Bonchev–Trinajstić information content (AvgIpc) is 2.90. The molecular weight excluding hydrogens is 315 g/mol. The zero-order valence-electron chi connectivity index (χ0n) is 12.8. The number of carbonyl (C=O) groups is 1. The van der Waals surface area contributed by atoms with Gasteiger partial charge in [-0.3, -0.25) is 4.79 Å². The molecule has 1 amide bonds. The van der Waals surface area contributed by atoms with Crippen molar-refractivity contribution in [2.45, 2.75) is 19.3 Å². The summed E-state index contributed by atoms with van der Waals surface area (Å²) in [6, 6.07) is 11.5. The summed E-state index contributed by atoms with van der Waals surface area (Å²) in [4.78, 5) is 15.7. The maximum Gasteiger partial charge on any atom is 0.234 e. The minimum absolute atomic E-state index is 0.162. The van der Waals surface area contributed by atoms with E-state index >= 15 is 0 Å². The second-order valence-electron chi connectivity index (χ2n) is 5.98. The third-order valence-electron chi connectivity index (χ3n) is 3.97. The molecule has 118 valence electrons. The highest BCUT2D eigenvalue weighted by molar-refractivity contribution is 6.30. The van der Waals surface area contributed by atoms with Gasteiger partial charge in [-0.25, -0.2) is 4.39 Å². The summed E-state index contributed by atoms with van der Waals surface area (Å²) in [6.07, 6.45) is 1.75. The summed E-state index contributed by atoms with van der Waals surface area (Å²) >= 11 is 5.94. The minimum Gasteiger partial charge on any atom is -0.361 e. The molecule has 2 N–H and O–H groups in total. The third kappa shape index (κ3) is 2.94. The molecule has 3 aromatic rings. The molecule has 1 aromatic heterocycles. The van der Waals surface area contributed by atoms with Gasteiger partial charge in [-0.15, -0.1) is 0 Å². The van der Waals surface area contributed by atoms with Crippen molar-refractivity contribution in [1.82, 2.24) is 4.98 Å². The van der Waals surface area contributed by atoms with Gasteiger partial charge in [0.05, 0.1) is 5.41 Å². The second-order valence-corrected chi connectivity index (χ2v) is 6.42. The molecule has 5 heteroatoms. The molecule has 0 saturated heterocycles. The van der Waals surface area contributed by atoms with Gasteiger partial charge < -0.3 is 10.3 Å². The Bertz CT molecular complexity index is 886. The van der Waals surface area contributed by atoms with Crippen molar-refractivity contribution in [1.29, 1.82) is 0 Å². The fraction of sp³-hybridized carbons (Fsp3) is 0.167. The quantitative estimate of drug-likeness (QED) is 0.706. The van der Waals surface area contributed by atoms with Gasteiger partial charge in [0.2, 0.25) is 5.91 Å². The van der Waals surface area contributed by atoms with Gasteiger partial charge in [-0.2, -0.15) is 0 Å². The maximum absolute atomic E-state index is 13.3. The Balaban J connectivity index is 1.94. The maximum atomic E-state index is 13.3. The first kappa shape index (κ1) is 15.6. The van der Waals surface area contributed by atoms with E-state index in [2.05, 4.69) is 10.3 Å². The number of aromatic amines is 1. The fourth-order valence-electron chi connectivity index (χ4n) is 2.59. The lowest BCUT2D eigenvalue weighted by atomic mass is 9.83. The van der Waals surface area contributed by atoms with Gasteiger partial charge in [0, 0.05) is 27.8 Å². The number of anilines is 1. The van der Waals surface area contributed by atoms with Crippen molar-refractivity contribution in [2.75, 3.05) is 5.32 Å². The number of halogens is 2. The Labute approximate surface area is 138 Å². The Morgan fingerprint density at radius 2 is 2.00 bits per heavy atom. The van der Waals surface area contributed by atoms with Crippen LogP contribution in [0.3, 0.4) is 0 Å². The molecule has 0 aliphatic rings. The predicted molar refractivity (Wildman–Crippen MR) is 91.4 cm³/mol. The van der Waals surface area contributed by atoms with Gasteiger partial charge in [-0.05, 0) is 55.8 Å².